The van der Waals surface area contributed by atoms with Gasteiger partial charge in [-0.2, -0.15) is 10.2 Å². The van der Waals surface area contributed by atoms with Crippen molar-refractivity contribution < 1.29 is 0 Å². The zero-order valence-electron chi connectivity index (χ0n) is 7.27. The lowest BCUT2D eigenvalue weighted by molar-refractivity contribution is 0.881. The molecule has 1 aromatic heterocycles. The molecule has 66 valence electrons. The Bertz CT molecular complexity index is 412. The predicted molar refractivity (Wildman–Crippen MR) is 52.3 cm³/mol. The maximum absolute atomic E-state index is 5.44. The van der Waals surface area contributed by atoms with Gasteiger partial charge in [-0.1, -0.05) is 18.2 Å². The van der Waals surface area contributed by atoms with Gasteiger partial charge in [-0.05, 0) is 18.7 Å². The van der Waals surface area contributed by atoms with Crippen LogP contribution in [0.4, 0.5) is 0 Å². The van der Waals surface area contributed by atoms with Crippen LogP contribution in [0, 0.1) is 0 Å². The molecule has 0 aliphatic rings. The number of rotatable bonds is 2. The van der Waals surface area contributed by atoms with Crippen molar-refractivity contribution in [2.24, 2.45) is 5.73 Å². The first-order valence-corrected chi connectivity index (χ1v) is 4.31. The van der Waals surface area contributed by atoms with Gasteiger partial charge in [0.05, 0.1) is 11.2 Å². The van der Waals surface area contributed by atoms with Crippen LogP contribution < -0.4 is 5.73 Å². The van der Waals surface area contributed by atoms with Gasteiger partial charge in [0.1, 0.15) is 0 Å². The van der Waals surface area contributed by atoms with Gasteiger partial charge < -0.3 is 5.73 Å². The van der Waals surface area contributed by atoms with Crippen molar-refractivity contribution >= 4 is 10.9 Å². The van der Waals surface area contributed by atoms with E-state index in [0.29, 0.717) is 6.54 Å². The fraction of sp³-hybridized carbons (Fsp3) is 0.200. The Labute approximate surface area is 76.6 Å². The molecule has 0 fully saturated rings. The number of nitrogens with zero attached hydrogens (tertiary/aromatic N) is 2. The highest BCUT2D eigenvalue weighted by atomic mass is 15.1. The number of aromatic nitrogens is 2. The lowest BCUT2D eigenvalue weighted by atomic mass is 10.2. The summed E-state index contributed by atoms with van der Waals surface area (Å²) in [6.07, 6.45) is 0.790. The molecule has 1 aromatic carbocycles. The summed E-state index contributed by atoms with van der Waals surface area (Å²) in [5.74, 6) is 0. The Morgan fingerprint density at radius 2 is 2.00 bits per heavy atom. The molecule has 2 rings (SSSR count). The lowest BCUT2D eigenvalue weighted by Gasteiger charge is -1.98. The van der Waals surface area contributed by atoms with Gasteiger partial charge in [-0.15, -0.1) is 0 Å². The highest BCUT2D eigenvalue weighted by Crippen LogP contribution is 2.10. The molecular weight excluding hydrogens is 162 g/mol. The zero-order chi connectivity index (χ0) is 9.10. The molecule has 13 heavy (non-hydrogen) atoms. The molecule has 0 spiro atoms. The fourth-order valence-corrected chi connectivity index (χ4v) is 1.30. The topological polar surface area (TPSA) is 51.8 Å². The van der Waals surface area contributed by atoms with Crippen LogP contribution in [0.15, 0.2) is 30.3 Å². The molecule has 3 heteroatoms. The molecule has 0 saturated carbocycles. The van der Waals surface area contributed by atoms with E-state index in [0.717, 1.165) is 23.0 Å². The summed E-state index contributed by atoms with van der Waals surface area (Å²) in [5.41, 5.74) is 7.33. The minimum Gasteiger partial charge on any atom is -0.330 e. The molecule has 2 N–H and O–H groups in total. The number of benzene rings is 1. The third-order valence-electron chi connectivity index (χ3n) is 1.95. The maximum atomic E-state index is 5.44. The van der Waals surface area contributed by atoms with Crippen LogP contribution in [0.3, 0.4) is 0 Å². The minimum atomic E-state index is 0.618. The molecule has 0 aliphatic carbocycles. The van der Waals surface area contributed by atoms with Crippen LogP contribution >= 0.6 is 0 Å². The highest BCUT2D eigenvalue weighted by molar-refractivity contribution is 5.77. The summed E-state index contributed by atoms with van der Waals surface area (Å²) in [7, 11) is 0. The molecule has 0 radical (unpaired) electrons. The van der Waals surface area contributed by atoms with E-state index in [9.17, 15) is 0 Å². The Morgan fingerprint density at radius 1 is 1.15 bits per heavy atom. The zero-order valence-corrected chi connectivity index (χ0v) is 7.27. The van der Waals surface area contributed by atoms with Crippen molar-refractivity contribution in [3.05, 3.63) is 36.0 Å². The minimum absolute atomic E-state index is 0.618. The van der Waals surface area contributed by atoms with Crippen molar-refractivity contribution in [2.75, 3.05) is 6.54 Å². The summed E-state index contributed by atoms with van der Waals surface area (Å²) in [6.45, 7) is 0.618. The summed E-state index contributed by atoms with van der Waals surface area (Å²) in [6, 6.07) is 9.98. The summed E-state index contributed by atoms with van der Waals surface area (Å²) in [5, 5.41) is 9.29. The normalized spacial score (nSPS) is 10.5. The molecule has 0 aliphatic heterocycles. The van der Waals surface area contributed by atoms with Gasteiger partial charge in [0, 0.05) is 11.8 Å². The molecule has 3 nitrogen and oxygen atoms in total. The molecule has 1 heterocycles. The van der Waals surface area contributed by atoms with Crippen LogP contribution in [-0.4, -0.2) is 16.7 Å². The van der Waals surface area contributed by atoms with Crippen LogP contribution in [0.5, 0.6) is 0 Å². The fourth-order valence-electron chi connectivity index (χ4n) is 1.30. The molecule has 0 amide bonds. The molecule has 2 aromatic rings. The lowest BCUT2D eigenvalue weighted by Crippen LogP contribution is -2.05. The summed E-state index contributed by atoms with van der Waals surface area (Å²) < 4.78 is 0. The van der Waals surface area contributed by atoms with E-state index < -0.39 is 0 Å². The number of nitrogens with two attached hydrogens (primary N) is 1. The van der Waals surface area contributed by atoms with Crippen molar-refractivity contribution in [2.45, 2.75) is 6.42 Å². The van der Waals surface area contributed by atoms with Crippen LogP contribution in [0.1, 0.15) is 5.69 Å². The van der Waals surface area contributed by atoms with E-state index >= 15 is 0 Å². The standard InChI is InChI=1S/C10H11N3/c11-6-5-9-7-8-3-1-2-4-10(8)13-12-9/h1-4,7H,5-6,11H2. The molecule has 0 saturated heterocycles. The van der Waals surface area contributed by atoms with Gasteiger partial charge in [-0.25, -0.2) is 0 Å². The van der Waals surface area contributed by atoms with E-state index in [2.05, 4.69) is 10.2 Å². The third kappa shape index (κ3) is 1.65. The van der Waals surface area contributed by atoms with Crippen molar-refractivity contribution in [1.29, 1.82) is 0 Å². The average molecular weight is 173 g/mol. The van der Waals surface area contributed by atoms with Crippen molar-refractivity contribution in [3.8, 4) is 0 Å². The first-order valence-electron chi connectivity index (χ1n) is 4.31. The molecule has 0 unspecified atom stereocenters. The first-order chi connectivity index (χ1) is 6.40. The summed E-state index contributed by atoms with van der Waals surface area (Å²) >= 11 is 0. The Kier molecular flexibility index (Phi) is 2.19. The molecule has 0 bridgehead atoms. The third-order valence-corrected chi connectivity index (χ3v) is 1.95. The van der Waals surface area contributed by atoms with Crippen LogP contribution in [-0.2, 0) is 6.42 Å². The van der Waals surface area contributed by atoms with E-state index in [4.69, 9.17) is 5.73 Å². The highest BCUT2D eigenvalue weighted by Gasteiger charge is 1.97. The quantitative estimate of drug-likeness (QED) is 0.740. The van der Waals surface area contributed by atoms with Gasteiger partial charge in [0.15, 0.2) is 0 Å². The first kappa shape index (κ1) is 8.13. The Morgan fingerprint density at radius 3 is 2.85 bits per heavy atom. The van der Waals surface area contributed by atoms with Gasteiger partial charge >= 0.3 is 0 Å². The van der Waals surface area contributed by atoms with Crippen LogP contribution in [0.25, 0.3) is 10.9 Å². The molecular formula is C10H11N3. The smallest absolute Gasteiger partial charge is 0.0929 e. The summed E-state index contributed by atoms with van der Waals surface area (Å²) in [4.78, 5) is 0. The Balaban J connectivity index is 2.49. The Hall–Kier alpha value is -1.48. The SMILES string of the molecule is NCCc1cc2ccccc2nn1. The van der Waals surface area contributed by atoms with Crippen molar-refractivity contribution in [3.63, 3.8) is 0 Å². The van der Waals surface area contributed by atoms with Gasteiger partial charge in [0.25, 0.3) is 0 Å². The number of hydrogen-bond donors (Lipinski definition) is 1. The maximum Gasteiger partial charge on any atom is 0.0929 e. The number of fused-ring (bicyclic) bond motifs is 1. The predicted octanol–water partition coefficient (Wildman–Crippen LogP) is 1.13. The van der Waals surface area contributed by atoms with Crippen LogP contribution in [0.2, 0.25) is 0 Å². The van der Waals surface area contributed by atoms with Gasteiger partial charge in [-0.3, -0.25) is 0 Å². The monoisotopic (exact) mass is 173 g/mol. The van der Waals surface area contributed by atoms with Crippen molar-refractivity contribution in [1.82, 2.24) is 10.2 Å². The second-order valence-electron chi connectivity index (χ2n) is 2.93. The second kappa shape index (κ2) is 3.49. The largest absolute Gasteiger partial charge is 0.330 e. The second-order valence-corrected chi connectivity index (χ2v) is 2.93. The van der Waals surface area contributed by atoms with Gasteiger partial charge in [0.2, 0.25) is 0 Å². The average Bonchev–Trinajstić information content (AvgIpc) is 2.18. The van der Waals surface area contributed by atoms with E-state index in [1.807, 2.05) is 30.3 Å². The number of hydrogen-bond acceptors (Lipinski definition) is 3. The molecule has 0 atom stereocenters. The van der Waals surface area contributed by atoms with E-state index in [-0.39, 0.29) is 0 Å². The van der Waals surface area contributed by atoms with E-state index in [1.54, 1.807) is 0 Å². The van der Waals surface area contributed by atoms with E-state index in [1.165, 1.54) is 0 Å².